The maximum Gasteiger partial charge on any atom is 0.249 e. The number of nitrogens with zero attached hydrogens (tertiary/aromatic N) is 3. The highest BCUT2D eigenvalue weighted by Crippen LogP contribution is 2.36. The smallest absolute Gasteiger partial charge is 0.249 e. The monoisotopic (exact) mass is 719 g/mol. The van der Waals surface area contributed by atoms with Crippen LogP contribution in [0.1, 0.15) is 75.0 Å². The van der Waals surface area contributed by atoms with Crippen molar-refractivity contribution in [3.05, 3.63) is 95.6 Å². The minimum atomic E-state index is -0.526. The van der Waals surface area contributed by atoms with Gasteiger partial charge < -0.3 is 19.6 Å². The van der Waals surface area contributed by atoms with Crippen LogP contribution in [0.3, 0.4) is 0 Å². The number of ether oxygens (including phenoxy) is 1. The van der Waals surface area contributed by atoms with Crippen molar-refractivity contribution in [3.63, 3.8) is 0 Å². The third-order valence-corrected chi connectivity index (χ3v) is 11.5. The number of rotatable bonds is 13. The largest absolute Gasteiger partial charge is 0.508 e. The summed E-state index contributed by atoms with van der Waals surface area (Å²) in [5.41, 5.74) is 5.82. The number of imide groups is 1. The first-order chi connectivity index (χ1) is 25.9. The van der Waals surface area contributed by atoms with Crippen molar-refractivity contribution in [2.24, 2.45) is 5.92 Å². The number of carbonyl (C=O) groups is 3. The molecule has 0 saturated carbocycles. The highest BCUT2D eigenvalue weighted by Gasteiger charge is 2.48. The fourth-order valence-electron chi connectivity index (χ4n) is 8.65. The summed E-state index contributed by atoms with van der Waals surface area (Å²) < 4.78 is 6.16. The molecule has 4 aliphatic heterocycles. The molecule has 4 fully saturated rings. The second-order valence-electron chi connectivity index (χ2n) is 14.9. The number of unbranched alkanes of at least 4 members (excludes halogenated alkanes) is 2. The van der Waals surface area contributed by atoms with E-state index in [1.807, 2.05) is 18.2 Å². The highest BCUT2D eigenvalue weighted by atomic mass is 16.5. The quantitative estimate of drug-likeness (QED) is 0.125. The summed E-state index contributed by atoms with van der Waals surface area (Å²) in [6, 6.07) is 25.9. The number of fused-ring (bicyclic) bond motifs is 1. The molecule has 3 aromatic rings. The van der Waals surface area contributed by atoms with Crippen molar-refractivity contribution >= 4 is 28.9 Å². The van der Waals surface area contributed by atoms with E-state index in [0.29, 0.717) is 19.6 Å². The number of nitrogens with one attached hydrogen (secondary N) is 2. The maximum atomic E-state index is 13.2. The summed E-state index contributed by atoms with van der Waals surface area (Å²) in [6.07, 6.45) is 6.89. The molecule has 4 unspecified atom stereocenters. The summed E-state index contributed by atoms with van der Waals surface area (Å²) in [6.45, 7) is 8.61. The Hall–Kier alpha value is -4.51. The summed E-state index contributed by atoms with van der Waals surface area (Å²) in [7, 11) is 0. The molecule has 0 bridgehead atoms. The summed E-state index contributed by atoms with van der Waals surface area (Å²) in [4.78, 5) is 44.0. The Bertz CT molecular complexity index is 1750. The molecule has 0 aromatic heterocycles. The molecule has 3 amide bonds. The molecule has 0 spiro atoms. The Morgan fingerprint density at radius 2 is 1.53 bits per heavy atom. The molecular weight excluding hydrogens is 667 g/mol. The van der Waals surface area contributed by atoms with E-state index in [1.165, 1.54) is 16.7 Å². The van der Waals surface area contributed by atoms with Crippen LogP contribution in [0.4, 0.5) is 0 Å². The van der Waals surface area contributed by atoms with Crippen molar-refractivity contribution in [1.29, 1.82) is 0 Å². The molecule has 10 heteroatoms. The minimum Gasteiger partial charge on any atom is -0.508 e. The molecule has 4 atom stereocenters. The highest BCUT2D eigenvalue weighted by molar-refractivity contribution is 6.02. The van der Waals surface area contributed by atoms with Crippen LogP contribution >= 0.6 is 0 Å². The van der Waals surface area contributed by atoms with Gasteiger partial charge in [0.2, 0.25) is 17.7 Å². The van der Waals surface area contributed by atoms with Gasteiger partial charge in [0.25, 0.3) is 0 Å². The number of benzene rings is 3. The van der Waals surface area contributed by atoms with Crippen molar-refractivity contribution < 1.29 is 24.2 Å². The molecule has 4 aliphatic rings. The minimum absolute atomic E-state index is 0.0539. The second kappa shape index (κ2) is 17.1. The van der Waals surface area contributed by atoms with Gasteiger partial charge in [-0.2, -0.15) is 0 Å². The van der Waals surface area contributed by atoms with E-state index in [0.717, 1.165) is 88.1 Å². The van der Waals surface area contributed by atoms with Gasteiger partial charge in [-0.1, -0.05) is 61.5 Å². The third-order valence-electron chi connectivity index (χ3n) is 11.5. The van der Waals surface area contributed by atoms with E-state index in [1.54, 1.807) is 17.0 Å². The van der Waals surface area contributed by atoms with Crippen LogP contribution in [-0.2, 0) is 14.4 Å². The van der Waals surface area contributed by atoms with Crippen molar-refractivity contribution in [1.82, 2.24) is 25.3 Å². The lowest BCUT2D eigenvalue weighted by molar-refractivity contribution is -0.144. The molecule has 53 heavy (non-hydrogen) atoms. The first kappa shape index (κ1) is 36.8. The number of allylic oxidation sites excluding steroid dienone is 1. The lowest BCUT2D eigenvalue weighted by Gasteiger charge is -2.43. The number of carbonyl (C=O) groups excluding carboxylic acids is 3. The van der Waals surface area contributed by atoms with Crippen molar-refractivity contribution in [3.8, 4) is 11.5 Å². The first-order valence-corrected chi connectivity index (χ1v) is 19.6. The number of aromatic hydroxyl groups is 1. The van der Waals surface area contributed by atoms with Gasteiger partial charge in [-0.25, -0.2) is 0 Å². The number of hydrogen-bond donors (Lipinski definition) is 3. The average Bonchev–Trinajstić information content (AvgIpc) is 3.51. The number of likely N-dealkylation sites (tertiary alicyclic amines) is 1. The molecule has 0 aliphatic carbocycles. The van der Waals surface area contributed by atoms with E-state index in [9.17, 15) is 19.5 Å². The van der Waals surface area contributed by atoms with Crippen LogP contribution in [-0.4, -0.2) is 102 Å². The molecule has 280 valence electrons. The van der Waals surface area contributed by atoms with Gasteiger partial charge in [-0.3, -0.25) is 29.9 Å². The molecule has 3 N–H and O–H groups in total. The standard InChI is InChI=1S/C43H53N5O5/c1-2-35(30-9-5-3-6-10-30)41(31-11-15-33(49)16-12-31)32-13-17-34(18-14-32)53-28-8-4-7-23-46-24-26-47(27-25-46)39-21-19-36-37(44-39)29-48(43(36)52)38-20-22-40(50)45-42(38)51/h3,5-6,9-18,36-39,44,49H,2,4,7-8,19-29H2,1H3,(H,45,50,51)/b41-35-. The molecule has 7 rings (SSSR count). The number of piperazine rings is 1. The zero-order valence-electron chi connectivity index (χ0n) is 30.8. The fourth-order valence-corrected chi connectivity index (χ4v) is 8.65. The predicted molar refractivity (Wildman–Crippen MR) is 206 cm³/mol. The fraction of sp³-hybridized carbons (Fsp3) is 0.465. The van der Waals surface area contributed by atoms with E-state index in [2.05, 4.69) is 75.9 Å². The summed E-state index contributed by atoms with van der Waals surface area (Å²) in [5.74, 6) is 0.527. The van der Waals surface area contributed by atoms with Gasteiger partial charge >= 0.3 is 0 Å². The van der Waals surface area contributed by atoms with Gasteiger partial charge in [0, 0.05) is 45.2 Å². The molecule has 10 nitrogen and oxygen atoms in total. The van der Waals surface area contributed by atoms with Crippen LogP contribution in [0.25, 0.3) is 11.1 Å². The zero-order valence-corrected chi connectivity index (χ0v) is 30.8. The second-order valence-corrected chi connectivity index (χ2v) is 14.9. The van der Waals surface area contributed by atoms with Gasteiger partial charge in [0.05, 0.1) is 18.7 Å². The number of phenols is 1. The third kappa shape index (κ3) is 8.67. The van der Waals surface area contributed by atoms with Gasteiger partial charge in [-0.15, -0.1) is 0 Å². The zero-order chi connectivity index (χ0) is 36.7. The van der Waals surface area contributed by atoms with Crippen molar-refractivity contribution in [2.75, 3.05) is 45.9 Å². The van der Waals surface area contributed by atoms with Crippen LogP contribution in [0.5, 0.6) is 11.5 Å². The Labute approximate surface area is 313 Å². The predicted octanol–water partition coefficient (Wildman–Crippen LogP) is 5.27. The lowest BCUT2D eigenvalue weighted by Crippen LogP contribution is -2.60. The molecule has 3 aromatic carbocycles. The number of phenolic OH excluding ortho intramolecular Hbond substituents is 1. The lowest BCUT2D eigenvalue weighted by atomic mass is 9.88. The summed E-state index contributed by atoms with van der Waals surface area (Å²) >= 11 is 0. The number of hydrogen-bond acceptors (Lipinski definition) is 8. The van der Waals surface area contributed by atoms with Crippen LogP contribution < -0.4 is 15.4 Å². The van der Waals surface area contributed by atoms with E-state index < -0.39 is 6.04 Å². The van der Waals surface area contributed by atoms with Crippen LogP contribution in [0, 0.1) is 5.92 Å². The molecule has 4 heterocycles. The average molecular weight is 720 g/mol. The SMILES string of the molecule is CC/C(=C(\c1ccc(O)cc1)c1ccc(OCCCCCN2CCN(C3CCC4C(=O)N(C5CCC(=O)NC5=O)CC4N3)CC2)cc1)c1ccccc1. The maximum absolute atomic E-state index is 13.2. The van der Waals surface area contributed by atoms with E-state index in [-0.39, 0.29) is 48.0 Å². The number of amides is 3. The molecular formula is C43H53N5O5. The van der Waals surface area contributed by atoms with E-state index >= 15 is 0 Å². The van der Waals surface area contributed by atoms with Gasteiger partial charge in [0.15, 0.2) is 0 Å². The Balaban J connectivity index is 0.827. The number of piperidine rings is 2. The van der Waals surface area contributed by atoms with Crippen LogP contribution in [0.15, 0.2) is 78.9 Å². The normalized spacial score (nSPS) is 24.5. The van der Waals surface area contributed by atoms with Gasteiger partial charge in [-0.05, 0) is 104 Å². The van der Waals surface area contributed by atoms with E-state index in [4.69, 9.17) is 4.74 Å². The Kier molecular flexibility index (Phi) is 11.9. The summed E-state index contributed by atoms with van der Waals surface area (Å²) in [5, 5.41) is 16.1. The van der Waals surface area contributed by atoms with Gasteiger partial charge in [0.1, 0.15) is 17.5 Å². The Morgan fingerprint density at radius 3 is 2.23 bits per heavy atom. The molecule has 0 radical (unpaired) electrons. The van der Waals surface area contributed by atoms with Crippen LogP contribution in [0.2, 0.25) is 0 Å². The van der Waals surface area contributed by atoms with Crippen molar-refractivity contribution in [2.45, 2.75) is 76.5 Å². The molecule has 4 saturated heterocycles. The Morgan fingerprint density at radius 1 is 0.811 bits per heavy atom. The first-order valence-electron chi connectivity index (χ1n) is 19.6. The topological polar surface area (TPSA) is 114 Å².